The Bertz CT molecular complexity index is 536. The summed E-state index contributed by atoms with van der Waals surface area (Å²) in [7, 11) is 2.04. The summed E-state index contributed by atoms with van der Waals surface area (Å²) in [5.74, 6) is 0.897. The summed E-state index contributed by atoms with van der Waals surface area (Å²) in [6.45, 7) is 6.77. The summed E-state index contributed by atoms with van der Waals surface area (Å²) >= 11 is 0. The fourth-order valence-corrected chi connectivity index (χ4v) is 2.03. The van der Waals surface area contributed by atoms with E-state index < -0.39 is 0 Å². The lowest BCUT2D eigenvalue weighted by Gasteiger charge is -2.19. The highest BCUT2D eigenvalue weighted by Gasteiger charge is 2.06. The molecular weight excluding hydrogens is 248 g/mol. The first kappa shape index (κ1) is 14.5. The summed E-state index contributed by atoms with van der Waals surface area (Å²) in [6.07, 6.45) is 0. The summed E-state index contributed by atoms with van der Waals surface area (Å²) in [4.78, 5) is 2.12. The number of benzene rings is 1. The van der Waals surface area contributed by atoms with E-state index in [-0.39, 0.29) is 0 Å². The summed E-state index contributed by atoms with van der Waals surface area (Å²) in [5.41, 5.74) is 3.59. The zero-order valence-corrected chi connectivity index (χ0v) is 12.4. The molecule has 0 fully saturated rings. The lowest BCUT2D eigenvalue weighted by atomic mass is 10.1. The van der Waals surface area contributed by atoms with Crippen LogP contribution in [-0.4, -0.2) is 23.8 Å². The minimum atomic E-state index is 0.769. The summed E-state index contributed by atoms with van der Waals surface area (Å²) < 4.78 is 0. The molecule has 1 N–H and O–H groups in total. The Balaban J connectivity index is 2.02. The molecule has 0 aliphatic rings. The predicted octanol–water partition coefficient (Wildman–Crippen LogP) is 2.53. The van der Waals surface area contributed by atoms with Gasteiger partial charge in [0.25, 0.3) is 0 Å². The highest BCUT2D eigenvalue weighted by Crippen LogP contribution is 2.14. The average molecular weight is 270 g/mol. The van der Waals surface area contributed by atoms with Crippen molar-refractivity contribution in [1.82, 2.24) is 15.5 Å². The van der Waals surface area contributed by atoms with Crippen LogP contribution in [0.2, 0.25) is 0 Å². The molecule has 0 saturated carbocycles. The van der Waals surface area contributed by atoms with Crippen LogP contribution in [0.15, 0.2) is 36.4 Å². The maximum atomic E-state index is 4.29. The van der Waals surface area contributed by atoms with Gasteiger partial charge < -0.3 is 10.2 Å². The Morgan fingerprint density at radius 3 is 2.55 bits per heavy atom. The number of aromatic nitrogens is 2. The molecule has 0 amide bonds. The second kappa shape index (κ2) is 7.01. The lowest BCUT2D eigenvalue weighted by molar-refractivity contribution is 0.696. The van der Waals surface area contributed by atoms with Crippen LogP contribution in [0.25, 0.3) is 0 Å². The molecule has 4 heteroatoms. The first-order chi connectivity index (χ1) is 9.70. The number of nitrogens with zero attached hydrogens (tertiary/aromatic N) is 3. The zero-order valence-electron chi connectivity index (χ0n) is 12.4. The van der Waals surface area contributed by atoms with Crippen molar-refractivity contribution >= 4 is 5.82 Å². The van der Waals surface area contributed by atoms with E-state index >= 15 is 0 Å². The molecule has 0 aliphatic heterocycles. The van der Waals surface area contributed by atoms with Gasteiger partial charge in [-0.15, -0.1) is 5.10 Å². The smallest absolute Gasteiger partial charge is 0.151 e. The van der Waals surface area contributed by atoms with Gasteiger partial charge in [0.15, 0.2) is 5.82 Å². The van der Waals surface area contributed by atoms with Gasteiger partial charge in [-0.25, -0.2) is 0 Å². The number of hydrogen-bond donors (Lipinski definition) is 1. The second-order valence-corrected chi connectivity index (χ2v) is 4.95. The Kier molecular flexibility index (Phi) is 5.07. The zero-order chi connectivity index (χ0) is 14.4. The highest BCUT2D eigenvalue weighted by atomic mass is 15.2. The number of anilines is 1. The van der Waals surface area contributed by atoms with Gasteiger partial charge in [-0.3, -0.25) is 0 Å². The maximum absolute atomic E-state index is 4.29. The van der Waals surface area contributed by atoms with Crippen molar-refractivity contribution in [2.45, 2.75) is 26.9 Å². The Morgan fingerprint density at radius 2 is 1.90 bits per heavy atom. The van der Waals surface area contributed by atoms with E-state index in [0.29, 0.717) is 0 Å². The van der Waals surface area contributed by atoms with E-state index in [1.807, 2.05) is 19.2 Å². The average Bonchev–Trinajstić information content (AvgIpc) is 2.48. The molecule has 106 valence electrons. The van der Waals surface area contributed by atoms with Crippen molar-refractivity contribution in [3.8, 4) is 0 Å². The standard InChI is InChI=1S/C16H22N4/c1-4-17-11-15-9-10-16(19-18-15)20(3)12-14-8-6-5-7-13(14)2/h5-10,17H,4,11-12H2,1-3H3. The summed E-state index contributed by atoms with van der Waals surface area (Å²) in [6, 6.07) is 12.5. The Morgan fingerprint density at radius 1 is 1.10 bits per heavy atom. The van der Waals surface area contributed by atoms with E-state index in [2.05, 4.69) is 58.5 Å². The number of nitrogens with one attached hydrogen (secondary N) is 1. The molecule has 0 radical (unpaired) electrons. The largest absolute Gasteiger partial charge is 0.354 e. The van der Waals surface area contributed by atoms with Crippen molar-refractivity contribution in [2.75, 3.05) is 18.5 Å². The second-order valence-electron chi connectivity index (χ2n) is 4.95. The molecule has 0 unspecified atom stereocenters. The van der Waals surface area contributed by atoms with E-state index in [0.717, 1.165) is 31.1 Å². The Hall–Kier alpha value is -1.94. The van der Waals surface area contributed by atoms with Crippen molar-refractivity contribution in [2.24, 2.45) is 0 Å². The molecule has 4 nitrogen and oxygen atoms in total. The van der Waals surface area contributed by atoms with Crippen molar-refractivity contribution in [1.29, 1.82) is 0 Å². The van der Waals surface area contributed by atoms with Crippen LogP contribution in [0.4, 0.5) is 5.82 Å². The van der Waals surface area contributed by atoms with Gasteiger partial charge in [0.1, 0.15) is 0 Å². The van der Waals surface area contributed by atoms with Crippen LogP contribution in [-0.2, 0) is 13.1 Å². The third kappa shape index (κ3) is 3.78. The maximum Gasteiger partial charge on any atom is 0.151 e. The molecule has 0 spiro atoms. The van der Waals surface area contributed by atoms with Gasteiger partial charge >= 0.3 is 0 Å². The van der Waals surface area contributed by atoms with Crippen LogP contribution in [0.3, 0.4) is 0 Å². The Labute approximate surface area is 120 Å². The number of aryl methyl sites for hydroxylation is 1. The molecule has 1 aromatic heterocycles. The van der Waals surface area contributed by atoms with Crippen LogP contribution >= 0.6 is 0 Å². The molecule has 20 heavy (non-hydrogen) atoms. The third-order valence-corrected chi connectivity index (χ3v) is 3.32. The third-order valence-electron chi connectivity index (χ3n) is 3.32. The molecule has 0 saturated heterocycles. The van der Waals surface area contributed by atoms with Crippen molar-refractivity contribution in [3.05, 3.63) is 53.2 Å². The minimum Gasteiger partial charge on any atom is -0.354 e. The molecule has 0 bridgehead atoms. The minimum absolute atomic E-state index is 0.769. The monoisotopic (exact) mass is 270 g/mol. The lowest BCUT2D eigenvalue weighted by Crippen LogP contribution is -2.19. The van der Waals surface area contributed by atoms with E-state index in [1.165, 1.54) is 11.1 Å². The van der Waals surface area contributed by atoms with E-state index in [1.54, 1.807) is 0 Å². The van der Waals surface area contributed by atoms with Gasteiger partial charge in [-0.05, 0) is 36.7 Å². The van der Waals surface area contributed by atoms with Crippen molar-refractivity contribution < 1.29 is 0 Å². The van der Waals surface area contributed by atoms with Crippen LogP contribution in [0.5, 0.6) is 0 Å². The van der Waals surface area contributed by atoms with Crippen LogP contribution in [0, 0.1) is 6.92 Å². The first-order valence-electron chi connectivity index (χ1n) is 6.99. The topological polar surface area (TPSA) is 41.0 Å². The molecule has 1 heterocycles. The molecule has 0 atom stereocenters. The van der Waals surface area contributed by atoms with Crippen LogP contribution < -0.4 is 10.2 Å². The van der Waals surface area contributed by atoms with E-state index in [9.17, 15) is 0 Å². The SMILES string of the molecule is CCNCc1ccc(N(C)Cc2ccccc2C)nn1. The molecule has 0 aliphatic carbocycles. The molecule has 2 aromatic rings. The normalized spacial score (nSPS) is 10.6. The van der Waals surface area contributed by atoms with Gasteiger partial charge in [0.2, 0.25) is 0 Å². The quantitative estimate of drug-likeness (QED) is 0.876. The van der Waals surface area contributed by atoms with Crippen LogP contribution in [0.1, 0.15) is 23.7 Å². The molecule has 2 rings (SSSR count). The van der Waals surface area contributed by atoms with Crippen molar-refractivity contribution in [3.63, 3.8) is 0 Å². The van der Waals surface area contributed by atoms with Gasteiger partial charge in [-0.1, -0.05) is 31.2 Å². The van der Waals surface area contributed by atoms with E-state index in [4.69, 9.17) is 0 Å². The first-order valence-corrected chi connectivity index (χ1v) is 6.99. The summed E-state index contributed by atoms with van der Waals surface area (Å²) in [5, 5.41) is 11.8. The number of hydrogen-bond acceptors (Lipinski definition) is 4. The highest BCUT2D eigenvalue weighted by molar-refractivity contribution is 5.39. The fraction of sp³-hybridized carbons (Fsp3) is 0.375. The molecular formula is C16H22N4. The fourth-order valence-electron chi connectivity index (χ4n) is 2.03. The van der Waals surface area contributed by atoms with Gasteiger partial charge in [0.05, 0.1) is 5.69 Å². The molecule has 1 aromatic carbocycles. The predicted molar refractivity (Wildman–Crippen MR) is 82.7 cm³/mol. The van der Waals surface area contributed by atoms with Gasteiger partial charge in [-0.2, -0.15) is 5.10 Å². The number of rotatable bonds is 6. The van der Waals surface area contributed by atoms with Gasteiger partial charge in [0, 0.05) is 20.1 Å².